The highest BCUT2D eigenvalue weighted by atomic mass is 32.1. The summed E-state index contributed by atoms with van der Waals surface area (Å²) >= 11 is 1.79. The molecule has 1 saturated heterocycles. The Bertz CT molecular complexity index is 448. The van der Waals surface area contributed by atoms with E-state index in [0.717, 1.165) is 43.6 Å². The second-order valence-electron chi connectivity index (χ2n) is 6.30. The Morgan fingerprint density at radius 2 is 2.14 bits per heavy atom. The van der Waals surface area contributed by atoms with Gasteiger partial charge in [0.05, 0.1) is 18.9 Å². The largest absolute Gasteiger partial charge is 0.383 e. The van der Waals surface area contributed by atoms with Crippen LogP contribution in [0.15, 0.2) is 0 Å². The van der Waals surface area contributed by atoms with Gasteiger partial charge in [0.15, 0.2) is 5.13 Å². The van der Waals surface area contributed by atoms with Crippen LogP contribution in [0.25, 0.3) is 0 Å². The third-order valence-corrected chi connectivity index (χ3v) is 4.92. The first-order valence-corrected chi connectivity index (χ1v) is 8.29. The molecule has 2 rings (SSSR count). The molecule has 1 N–H and O–H groups in total. The average Bonchev–Trinajstić information content (AvgIpc) is 2.99. The number of nitrogens with zero attached hydrogens (tertiary/aromatic N) is 2. The van der Waals surface area contributed by atoms with Crippen LogP contribution in [0.2, 0.25) is 0 Å². The molecule has 0 atom stereocenters. The molecule has 0 bridgehead atoms. The molecule has 6 heteroatoms. The molecule has 1 aliphatic heterocycles. The van der Waals surface area contributed by atoms with Gasteiger partial charge in [0.2, 0.25) is 0 Å². The molecule has 1 fully saturated rings. The number of hydrogen-bond acceptors (Lipinski definition) is 6. The fraction of sp³-hybridized carbons (Fsp3) is 0.800. The highest BCUT2D eigenvalue weighted by Gasteiger charge is 2.31. The van der Waals surface area contributed by atoms with Crippen molar-refractivity contribution in [2.45, 2.75) is 33.4 Å². The molecular formula is C15H27N3O2S. The fourth-order valence-corrected chi connectivity index (χ4v) is 3.60. The lowest BCUT2D eigenvalue weighted by Gasteiger charge is -2.18. The van der Waals surface area contributed by atoms with Crippen LogP contribution in [-0.4, -0.2) is 45.4 Å². The first kappa shape index (κ1) is 16.7. The smallest absolute Gasteiger partial charge is 0.185 e. The second-order valence-corrected chi connectivity index (χ2v) is 7.37. The van der Waals surface area contributed by atoms with E-state index in [1.54, 1.807) is 25.6 Å². The topological polar surface area (TPSA) is 46.6 Å². The van der Waals surface area contributed by atoms with E-state index < -0.39 is 0 Å². The molecule has 0 amide bonds. The molecule has 0 aromatic carbocycles. The Hall–Kier alpha value is -0.690. The van der Waals surface area contributed by atoms with E-state index in [4.69, 9.17) is 14.5 Å². The minimum absolute atomic E-state index is 0.393. The number of thiazole rings is 1. The van der Waals surface area contributed by atoms with Gasteiger partial charge in [0, 0.05) is 45.3 Å². The molecule has 0 unspecified atom stereocenters. The van der Waals surface area contributed by atoms with Crippen molar-refractivity contribution in [3.63, 3.8) is 0 Å². The quantitative estimate of drug-likeness (QED) is 0.746. The van der Waals surface area contributed by atoms with Crippen LogP contribution < -0.4 is 10.2 Å². The molecule has 1 aliphatic rings. The maximum absolute atomic E-state index is 5.29. The molecule has 120 valence electrons. The summed E-state index contributed by atoms with van der Waals surface area (Å²) in [6, 6.07) is 0. The van der Waals surface area contributed by atoms with Gasteiger partial charge in [-0.3, -0.25) is 0 Å². The van der Waals surface area contributed by atoms with Gasteiger partial charge in [-0.25, -0.2) is 4.98 Å². The number of methoxy groups -OCH3 is 2. The van der Waals surface area contributed by atoms with E-state index in [2.05, 4.69) is 24.1 Å². The molecule has 5 nitrogen and oxygen atoms in total. The van der Waals surface area contributed by atoms with Crippen molar-refractivity contribution >= 4 is 16.5 Å². The first-order valence-electron chi connectivity index (χ1n) is 7.48. The molecule has 0 saturated carbocycles. The van der Waals surface area contributed by atoms with Crippen molar-refractivity contribution in [3.05, 3.63) is 10.6 Å². The summed E-state index contributed by atoms with van der Waals surface area (Å²) < 4.78 is 10.3. The molecule has 2 heterocycles. The Kier molecular flexibility index (Phi) is 5.98. The normalized spacial score (nSPS) is 17.6. The lowest BCUT2D eigenvalue weighted by atomic mass is 9.93. The zero-order valence-electron chi connectivity index (χ0n) is 13.6. The van der Waals surface area contributed by atoms with Crippen LogP contribution in [0, 0.1) is 5.41 Å². The van der Waals surface area contributed by atoms with Gasteiger partial charge in [-0.1, -0.05) is 13.8 Å². The zero-order chi connectivity index (χ0) is 15.3. The van der Waals surface area contributed by atoms with Crippen LogP contribution in [-0.2, 0) is 22.6 Å². The highest BCUT2D eigenvalue weighted by Crippen LogP contribution is 2.35. The second kappa shape index (κ2) is 7.54. The van der Waals surface area contributed by atoms with E-state index in [1.165, 1.54) is 11.3 Å². The van der Waals surface area contributed by atoms with Gasteiger partial charge >= 0.3 is 0 Å². The van der Waals surface area contributed by atoms with Gasteiger partial charge in [-0.15, -0.1) is 11.3 Å². The first-order chi connectivity index (χ1) is 10.1. The van der Waals surface area contributed by atoms with E-state index in [-0.39, 0.29) is 0 Å². The van der Waals surface area contributed by atoms with E-state index in [9.17, 15) is 0 Å². The van der Waals surface area contributed by atoms with Gasteiger partial charge in [0.25, 0.3) is 0 Å². The van der Waals surface area contributed by atoms with Crippen molar-refractivity contribution in [2.24, 2.45) is 5.41 Å². The molecule has 0 radical (unpaired) electrons. The summed E-state index contributed by atoms with van der Waals surface area (Å²) in [5.41, 5.74) is 1.45. The van der Waals surface area contributed by atoms with Crippen LogP contribution >= 0.6 is 11.3 Å². The van der Waals surface area contributed by atoms with Crippen molar-refractivity contribution in [2.75, 3.05) is 45.4 Å². The average molecular weight is 313 g/mol. The number of hydrogen-bond donors (Lipinski definition) is 1. The fourth-order valence-electron chi connectivity index (χ4n) is 2.54. The number of rotatable bonds is 8. The van der Waals surface area contributed by atoms with Crippen molar-refractivity contribution in [1.82, 2.24) is 10.3 Å². The van der Waals surface area contributed by atoms with Crippen LogP contribution in [0.3, 0.4) is 0 Å². The van der Waals surface area contributed by atoms with Crippen LogP contribution in [0.5, 0.6) is 0 Å². The van der Waals surface area contributed by atoms with Crippen molar-refractivity contribution < 1.29 is 9.47 Å². The Labute approximate surface area is 131 Å². The minimum atomic E-state index is 0.393. The predicted octanol–water partition coefficient (Wildman–Crippen LogP) is 2.26. The summed E-state index contributed by atoms with van der Waals surface area (Å²) in [6.45, 7) is 9.82. The monoisotopic (exact) mass is 313 g/mol. The van der Waals surface area contributed by atoms with Crippen molar-refractivity contribution in [3.8, 4) is 0 Å². The molecule has 1 aromatic rings. The van der Waals surface area contributed by atoms with Gasteiger partial charge in [-0.2, -0.15) is 0 Å². The number of nitrogens with one attached hydrogen (secondary N) is 1. The minimum Gasteiger partial charge on any atom is -0.383 e. The predicted molar refractivity (Wildman–Crippen MR) is 87.0 cm³/mol. The number of aromatic nitrogens is 1. The van der Waals surface area contributed by atoms with Crippen molar-refractivity contribution in [1.29, 1.82) is 0 Å². The maximum atomic E-state index is 5.29. The highest BCUT2D eigenvalue weighted by molar-refractivity contribution is 7.15. The SMILES string of the molecule is COCCNCc1sc(N2CCC(C)(C)C2)nc1COC. The van der Waals surface area contributed by atoms with Gasteiger partial charge in [0.1, 0.15) is 0 Å². The summed E-state index contributed by atoms with van der Waals surface area (Å²) in [5.74, 6) is 0. The molecule has 21 heavy (non-hydrogen) atoms. The maximum Gasteiger partial charge on any atom is 0.185 e. The molecule has 0 spiro atoms. The third kappa shape index (κ3) is 4.64. The van der Waals surface area contributed by atoms with Gasteiger partial charge < -0.3 is 19.7 Å². The lowest BCUT2D eigenvalue weighted by molar-refractivity contribution is 0.181. The van der Waals surface area contributed by atoms with E-state index in [1.807, 2.05) is 0 Å². The summed E-state index contributed by atoms with van der Waals surface area (Å²) in [5, 5.41) is 4.53. The lowest BCUT2D eigenvalue weighted by Crippen LogP contribution is -2.22. The zero-order valence-corrected chi connectivity index (χ0v) is 14.4. The standard InChI is InChI=1S/C15H27N3O2S/c1-15(2)5-7-18(11-15)14-17-12(10-20-4)13(21-14)9-16-6-8-19-3/h16H,5-11H2,1-4H3. The Balaban J connectivity index is 2.02. The Morgan fingerprint density at radius 3 is 2.76 bits per heavy atom. The summed E-state index contributed by atoms with van der Waals surface area (Å²) in [4.78, 5) is 8.47. The summed E-state index contributed by atoms with van der Waals surface area (Å²) in [6.07, 6.45) is 1.23. The molecule has 1 aromatic heterocycles. The number of ether oxygens (including phenoxy) is 2. The number of anilines is 1. The summed E-state index contributed by atoms with van der Waals surface area (Å²) in [7, 11) is 3.44. The van der Waals surface area contributed by atoms with Crippen LogP contribution in [0.1, 0.15) is 30.8 Å². The van der Waals surface area contributed by atoms with E-state index in [0.29, 0.717) is 12.0 Å². The molecular weight excluding hydrogens is 286 g/mol. The third-order valence-electron chi connectivity index (χ3n) is 3.76. The van der Waals surface area contributed by atoms with Gasteiger partial charge in [-0.05, 0) is 11.8 Å². The molecule has 0 aliphatic carbocycles. The van der Waals surface area contributed by atoms with Crippen LogP contribution in [0.4, 0.5) is 5.13 Å². The van der Waals surface area contributed by atoms with E-state index >= 15 is 0 Å². The Morgan fingerprint density at radius 1 is 1.33 bits per heavy atom.